The minimum absolute atomic E-state index is 0.00688. The molecule has 0 bridgehead atoms. The highest BCUT2D eigenvalue weighted by Crippen LogP contribution is 2.33. The number of nitrogens with zero attached hydrogens (tertiary/aromatic N) is 4. The highest BCUT2D eigenvalue weighted by Gasteiger charge is 2.25. The van der Waals surface area contributed by atoms with E-state index in [2.05, 4.69) is 15.2 Å². The summed E-state index contributed by atoms with van der Waals surface area (Å²) in [5.41, 5.74) is 4.96. The van der Waals surface area contributed by atoms with Crippen LogP contribution in [0.5, 0.6) is 0 Å². The zero-order valence-corrected chi connectivity index (χ0v) is 19.6. The lowest BCUT2D eigenvalue weighted by Gasteiger charge is -2.24. The predicted octanol–water partition coefficient (Wildman–Crippen LogP) is 2.88. The van der Waals surface area contributed by atoms with Gasteiger partial charge in [0.1, 0.15) is 5.82 Å². The molecular weight excluding hydrogens is 432 g/mol. The molecule has 3 rings (SSSR count). The maximum Gasteiger partial charge on any atom is 0.330 e. The Morgan fingerprint density at radius 3 is 2.66 bits per heavy atom. The number of nitrogens with two attached hydrogens (primary N) is 1. The number of anilines is 2. The van der Waals surface area contributed by atoms with Crippen LogP contribution in [0.1, 0.15) is 77.0 Å². The molecule has 0 radical (unpaired) electrons. The van der Waals surface area contributed by atoms with Crippen molar-refractivity contribution in [3.63, 3.8) is 0 Å². The van der Waals surface area contributed by atoms with E-state index in [4.69, 9.17) is 10.2 Å². The standard InChI is InChI=1S/C21H32N6O4S/c1-3-5-12-26(16-17(22)27(11-4-2)20(30)23-18(16)29)15(28)13-32-21-25-24-19(31-21)14-9-7-6-8-10-14/h14H,3-13,22H2,1-2H3,(H,23,29,30). The van der Waals surface area contributed by atoms with E-state index < -0.39 is 11.2 Å². The maximum absolute atomic E-state index is 13.1. The Bertz CT molecular complexity index is 1020. The smallest absolute Gasteiger partial charge is 0.330 e. The summed E-state index contributed by atoms with van der Waals surface area (Å²) in [5, 5.41) is 8.59. The monoisotopic (exact) mass is 464 g/mol. The SMILES string of the molecule is CCCCN(C(=O)CSc1nnc(C2CCCCC2)o1)c1c(N)n(CCC)c(=O)[nH]c1=O. The average molecular weight is 465 g/mol. The summed E-state index contributed by atoms with van der Waals surface area (Å²) < 4.78 is 7.08. The van der Waals surface area contributed by atoms with Gasteiger partial charge in [0, 0.05) is 19.0 Å². The molecule has 32 heavy (non-hydrogen) atoms. The van der Waals surface area contributed by atoms with Gasteiger partial charge in [-0.3, -0.25) is 19.1 Å². The number of carbonyl (C=O) groups is 1. The zero-order valence-electron chi connectivity index (χ0n) is 18.8. The van der Waals surface area contributed by atoms with Crippen LogP contribution in [0.4, 0.5) is 11.5 Å². The van der Waals surface area contributed by atoms with E-state index in [-0.39, 0.29) is 23.2 Å². The number of nitrogen functional groups attached to an aromatic ring is 1. The summed E-state index contributed by atoms with van der Waals surface area (Å²) in [6, 6.07) is 0. The Morgan fingerprint density at radius 1 is 1.22 bits per heavy atom. The van der Waals surface area contributed by atoms with E-state index in [0.29, 0.717) is 43.0 Å². The van der Waals surface area contributed by atoms with Crippen molar-refractivity contribution in [3.05, 3.63) is 26.7 Å². The van der Waals surface area contributed by atoms with Crippen LogP contribution >= 0.6 is 11.8 Å². The van der Waals surface area contributed by atoms with Crippen molar-refractivity contribution >= 4 is 29.2 Å². The number of unbranched alkanes of at least 4 members (excludes halogenated alkanes) is 1. The lowest BCUT2D eigenvalue weighted by molar-refractivity contribution is -0.116. The Balaban J connectivity index is 1.77. The second kappa shape index (κ2) is 11.3. The second-order valence-corrected chi connectivity index (χ2v) is 9.00. The Hall–Kier alpha value is -2.56. The third-order valence-corrected chi connectivity index (χ3v) is 6.47. The molecule has 0 saturated heterocycles. The van der Waals surface area contributed by atoms with E-state index in [9.17, 15) is 14.4 Å². The lowest BCUT2D eigenvalue weighted by atomic mass is 9.89. The van der Waals surface area contributed by atoms with Crippen molar-refractivity contribution in [3.8, 4) is 0 Å². The van der Waals surface area contributed by atoms with Crippen LogP contribution in [0.2, 0.25) is 0 Å². The maximum atomic E-state index is 13.1. The molecule has 1 aliphatic rings. The molecule has 11 heteroatoms. The van der Waals surface area contributed by atoms with Crippen LogP contribution in [0, 0.1) is 0 Å². The molecule has 2 heterocycles. The van der Waals surface area contributed by atoms with Crippen molar-refractivity contribution in [2.24, 2.45) is 0 Å². The number of nitrogens with one attached hydrogen (secondary N) is 1. The first-order chi connectivity index (χ1) is 15.5. The van der Waals surface area contributed by atoms with E-state index in [1.54, 1.807) is 0 Å². The van der Waals surface area contributed by atoms with Gasteiger partial charge < -0.3 is 15.1 Å². The topological polar surface area (TPSA) is 140 Å². The van der Waals surface area contributed by atoms with Crippen LogP contribution in [0.15, 0.2) is 19.2 Å². The molecule has 176 valence electrons. The predicted molar refractivity (Wildman–Crippen MR) is 124 cm³/mol. The molecule has 1 saturated carbocycles. The highest BCUT2D eigenvalue weighted by atomic mass is 32.2. The van der Waals surface area contributed by atoms with Crippen LogP contribution in [-0.4, -0.2) is 38.0 Å². The van der Waals surface area contributed by atoms with Gasteiger partial charge in [0.15, 0.2) is 5.69 Å². The fraction of sp³-hybridized carbons (Fsp3) is 0.667. The van der Waals surface area contributed by atoms with Crippen LogP contribution < -0.4 is 21.9 Å². The molecule has 0 aromatic carbocycles. The lowest BCUT2D eigenvalue weighted by Crippen LogP contribution is -2.42. The summed E-state index contributed by atoms with van der Waals surface area (Å²) in [6.45, 7) is 4.57. The molecule has 3 N–H and O–H groups in total. The summed E-state index contributed by atoms with van der Waals surface area (Å²) in [5.74, 6) is 0.643. The third-order valence-electron chi connectivity index (χ3n) is 5.66. The Kier molecular flexibility index (Phi) is 8.54. The molecule has 1 aliphatic carbocycles. The van der Waals surface area contributed by atoms with Crippen LogP contribution in [-0.2, 0) is 11.3 Å². The molecule has 1 amide bonds. The summed E-state index contributed by atoms with van der Waals surface area (Å²) >= 11 is 1.15. The van der Waals surface area contributed by atoms with Crippen molar-refractivity contribution in [1.29, 1.82) is 0 Å². The molecule has 0 spiro atoms. The molecule has 0 aliphatic heterocycles. The third kappa shape index (κ3) is 5.62. The average Bonchev–Trinajstić information content (AvgIpc) is 3.27. The number of hydrogen-bond acceptors (Lipinski definition) is 8. The van der Waals surface area contributed by atoms with Crippen LogP contribution in [0.25, 0.3) is 0 Å². The quantitative estimate of drug-likeness (QED) is 0.512. The van der Waals surface area contributed by atoms with Gasteiger partial charge in [0.2, 0.25) is 11.8 Å². The molecule has 0 unspecified atom stereocenters. The van der Waals surface area contributed by atoms with E-state index in [0.717, 1.165) is 43.9 Å². The first-order valence-corrected chi connectivity index (χ1v) is 12.3. The number of aromatic amines is 1. The van der Waals surface area contributed by atoms with Gasteiger partial charge in [0.05, 0.1) is 5.75 Å². The number of rotatable bonds is 10. The van der Waals surface area contributed by atoms with Gasteiger partial charge in [-0.15, -0.1) is 10.2 Å². The van der Waals surface area contributed by atoms with Crippen molar-refractivity contribution in [2.75, 3.05) is 22.9 Å². The minimum Gasteiger partial charge on any atom is -0.416 e. The molecule has 2 aromatic heterocycles. The molecule has 10 nitrogen and oxygen atoms in total. The first-order valence-electron chi connectivity index (χ1n) is 11.3. The Morgan fingerprint density at radius 2 is 1.97 bits per heavy atom. The van der Waals surface area contributed by atoms with Gasteiger partial charge in [-0.05, 0) is 25.7 Å². The minimum atomic E-state index is -0.660. The highest BCUT2D eigenvalue weighted by molar-refractivity contribution is 7.99. The van der Waals surface area contributed by atoms with E-state index in [1.807, 2.05) is 13.8 Å². The van der Waals surface area contributed by atoms with Gasteiger partial charge in [-0.2, -0.15) is 0 Å². The largest absolute Gasteiger partial charge is 0.416 e. The number of H-pyrrole nitrogens is 1. The Labute approximate surface area is 191 Å². The van der Waals surface area contributed by atoms with E-state index >= 15 is 0 Å². The van der Waals surface area contributed by atoms with Gasteiger partial charge in [-0.1, -0.05) is 51.3 Å². The normalized spacial score (nSPS) is 14.6. The summed E-state index contributed by atoms with van der Waals surface area (Å²) in [7, 11) is 0. The first kappa shape index (κ1) is 24.1. The van der Waals surface area contributed by atoms with Gasteiger partial charge in [0.25, 0.3) is 10.8 Å². The number of carbonyl (C=O) groups excluding carboxylic acids is 1. The molecule has 1 fully saturated rings. The summed E-state index contributed by atoms with van der Waals surface area (Å²) in [6.07, 6.45) is 7.84. The number of hydrogen-bond donors (Lipinski definition) is 2. The second-order valence-electron chi connectivity index (χ2n) is 8.07. The number of amides is 1. The number of aromatic nitrogens is 4. The van der Waals surface area contributed by atoms with Crippen LogP contribution in [0.3, 0.4) is 0 Å². The zero-order chi connectivity index (χ0) is 23.1. The van der Waals surface area contributed by atoms with E-state index in [1.165, 1.54) is 15.9 Å². The van der Waals surface area contributed by atoms with Crippen molar-refractivity contribution < 1.29 is 9.21 Å². The van der Waals surface area contributed by atoms with Gasteiger partial charge in [-0.25, -0.2) is 4.79 Å². The summed E-state index contributed by atoms with van der Waals surface area (Å²) in [4.78, 5) is 41.5. The van der Waals surface area contributed by atoms with Crippen molar-refractivity contribution in [1.82, 2.24) is 19.7 Å². The van der Waals surface area contributed by atoms with Crippen molar-refractivity contribution in [2.45, 2.75) is 82.9 Å². The fourth-order valence-electron chi connectivity index (χ4n) is 3.96. The molecule has 2 aromatic rings. The van der Waals surface area contributed by atoms with Gasteiger partial charge >= 0.3 is 5.69 Å². The number of thioether (sulfide) groups is 1. The molecule has 0 atom stereocenters. The fourth-order valence-corrected chi connectivity index (χ4v) is 4.60. The molecular formula is C21H32N6O4S.